The summed E-state index contributed by atoms with van der Waals surface area (Å²) in [6.45, 7) is 0.657. The first-order valence-electron chi connectivity index (χ1n) is 12.1. The third-order valence-electron chi connectivity index (χ3n) is 7.96. The van der Waals surface area contributed by atoms with Crippen LogP contribution in [0.2, 0.25) is 0 Å². The number of aromatic hydroxyl groups is 1. The van der Waals surface area contributed by atoms with Crippen LogP contribution < -0.4 is 16.1 Å². The lowest BCUT2D eigenvalue weighted by Gasteiger charge is -2.50. The maximum atomic E-state index is 13.5. The minimum atomic E-state index is -1.44. The van der Waals surface area contributed by atoms with Crippen molar-refractivity contribution in [3.05, 3.63) is 61.8 Å². The molecule has 0 bridgehead atoms. The predicted molar refractivity (Wildman–Crippen MR) is 136 cm³/mol. The molecule has 2 aromatic rings. The molecule has 12 heteroatoms. The second kappa shape index (κ2) is 8.54. The number of imide groups is 2. The first-order chi connectivity index (χ1) is 17.9. The highest BCUT2D eigenvalue weighted by Crippen LogP contribution is 2.49. The number of barbiturate groups is 1. The van der Waals surface area contributed by atoms with Gasteiger partial charge in [0.05, 0.1) is 6.04 Å². The number of amides is 4. The number of ketones is 1. The maximum absolute atomic E-state index is 13.5. The van der Waals surface area contributed by atoms with Crippen LogP contribution in [0.5, 0.6) is 5.88 Å². The Balaban J connectivity index is 1.54. The summed E-state index contributed by atoms with van der Waals surface area (Å²) in [6, 6.07) is 4.37. The van der Waals surface area contributed by atoms with Crippen molar-refractivity contribution in [2.75, 3.05) is 25.5 Å². The smallest absolute Gasteiger partial charge is 0.333 e. The summed E-state index contributed by atoms with van der Waals surface area (Å²) in [6.07, 6.45) is 4.11. The Morgan fingerprint density at radius 3 is 2.32 bits per heavy atom. The summed E-state index contributed by atoms with van der Waals surface area (Å²) in [5.41, 5.74) is -1.47. The molecule has 0 saturated carbocycles. The Labute approximate surface area is 217 Å². The van der Waals surface area contributed by atoms with Crippen LogP contribution in [-0.4, -0.2) is 74.4 Å². The van der Waals surface area contributed by atoms with Gasteiger partial charge in [-0.3, -0.25) is 38.1 Å². The molecule has 0 aliphatic carbocycles. The van der Waals surface area contributed by atoms with Gasteiger partial charge in [0.1, 0.15) is 5.56 Å². The zero-order valence-electron chi connectivity index (χ0n) is 21.4. The number of carbonyl (C=O) groups excluding carboxylic acids is 4. The lowest BCUT2D eigenvalue weighted by Crippen LogP contribution is -2.70. The first-order valence-corrected chi connectivity index (χ1v) is 12.1. The molecule has 1 N–H and O–H groups in total. The number of rotatable bonds is 3. The molecule has 1 aromatic heterocycles. The van der Waals surface area contributed by atoms with Crippen molar-refractivity contribution in [2.24, 2.45) is 19.5 Å². The second-order valence-corrected chi connectivity index (χ2v) is 10.0. The molecule has 2 fully saturated rings. The molecule has 4 amide bonds. The molecule has 0 radical (unpaired) electrons. The quantitative estimate of drug-likeness (QED) is 0.344. The molecule has 38 heavy (non-hydrogen) atoms. The number of anilines is 1. The number of allylic oxidation sites excluding steroid dienone is 1. The van der Waals surface area contributed by atoms with Crippen molar-refractivity contribution in [3.8, 4) is 5.88 Å². The van der Waals surface area contributed by atoms with Crippen LogP contribution in [0.25, 0.3) is 6.08 Å². The lowest BCUT2D eigenvalue weighted by atomic mass is 9.68. The van der Waals surface area contributed by atoms with E-state index in [1.54, 1.807) is 12.1 Å². The highest BCUT2D eigenvalue weighted by atomic mass is 16.3. The van der Waals surface area contributed by atoms with Gasteiger partial charge in [0.15, 0.2) is 11.2 Å². The van der Waals surface area contributed by atoms with E-state index < -0.39 is 51.7 Å². The minimum absolute atomic E-state index is 0.0981. The Morgan fingerprint density at radius 1 is 1.00 bits per heavy atom. The molecule has 0 unspecified atom stereocenters. The van der Waals surface area contributed by atoms with Gasteiger partial charge in [-0.1, -0.05) is 12.1 Å². The van der Waals surface area contributed by atoms with Gasteiger partial charge in [-0.2, -0.15) is 0 Å². The van der Waals surface area contributed by atoms with E-state index in [0.717, 1.165) is 42.7 Å². The van der Waals surface area contributed by atoms with Crippen LogP contribution in [0.4, 0.5) is 10.5 Å². The summed E-state index contributed by atoms with van der Waals surface area (Å²) in [4.78, 5) is 80.8. The molecular weight excluding hydrogens is 494 g/mol. The Kier molecular flexibility index (Phi) is 5.66. The van der Waals surface area contributed by atoms with Gasteiger partial charge in [-0.25, -0.2) is 9.59 Å². The van der Waals surface area contributed by atoms with Crippen molar-refractivity contribution < 1.29 is 24.3 Å². The van der Waals surface area contributed by atoms with Crippen molar-refractivity contribution in [1.82, 2.24) is 18.9 Å². The highest BCUT2D eigenvalue weighted by Gasteiger charge is 2.63. The average Bonchev–Trinajstić information content (AvgIpc) is 3.41. The van der Waals surface area contributed by atoms with Crippen LogP contribution in [0.3, 0.4) is 0 Å². The number of carbonyl (C=O) groups is 4. The number of benzene rings is 1. The van der Waals surface area contributed by atoms with Crippen LogP contribution >= 0.6 is 0 Å². The van der Waals surface area contributed by atoms with Gasteiger partial charge in [0.25, 0.3) is 5.56 Å². The van der Waals surface area contributed by atoms with E-state index in [-0.39, 0.29) is 12.5 Å². The monoisotopic (exact) mass is 521 g/mol. The van der Waals surface area contributed by atoms with Crippen LogP contribution in [0, 0.1) is 5.41 Å². The van der Waals surface area contributed by atoms with Crippen molar-refractivity contribution in [1.29, 1.82) is 0 Å². The summed E-state index contributed by atoms with van der Waals surface area (Å²) in [5, 5.41) is 10.2. The fraction of sp³-hybridized carbons (Fsp3) is 0.385. The van der Waals surface area contributed by atoms with E-state index in [0.29, 0.717) is 18.5 Å². The number of hydrogen-bond donors (Lipinski definition) is 1. The largest absolute Gasteiger partial charge is 0.494 e. The summed E-state index contributed by atoms with van der Waals surface area (Å²) in [7, 11) is 5.23. The summed E-state index contributed by atoms with van der Waals surface area (Å²) >= 11 is 0. The maximum Gasteiger partial charge on any atom is 0.333 e. The molecule has 3 aliphatic heterocycles. The number of nitrogens with zero attached hydrogens (tertiary/aromatic N) is 5. The molecule has 3 aliphatic rings. The van der Waals surface area contributed by atoms with Gasteiger partial charge in [0.2, 0.25) is 17.7 Å². The Hall–Kier alpha value is -4.48. The third kappa shape index (κ3) is 3.29. The fourth-order valence-corrected chi connectivity index (χ4v) is 5.95. The zero-order chi connectivity index (χ0) is 27.7. The summed E-state index contributed by atoms with van der Waals surface area (Å²) < 4.78 is 1.55. The topological polar surface area (TPSA) is 142 Å². The molecule has 12 nitrogen and oxygen atoms in total. The molecule has 4 heterocycles. The fourth-order valence-electron chi connectivity index (χ4n) is 5.95. The highest BCUT2D eigenvalue weighted by molar-refractivity contribution is 6.20. The van der Waals surface area contributed by atoms with Crippen LogP contribution in [0.1, 0.15) is 34.3 Å². The minimum Gasteiger partial charge on any atom is -0.494 e. The van der Waals surface area contributed by atoms with E-state index in [9.17, 15) is 33.9 Å². The third-order valence-corrected chi connectivity index (χ3v) is 7.96. The van der Waals surface area contributed by atoms with E-state index in [1.165, 1.54) is 34.3 Å². The number of urea groups is 1. The Morgan fingerprint density at radius 2 is 1.66 bits per heavy atom. The van der Waals surface area contributed by atoms with Gasteiger partial charge >= 0.3 is 11.7 Å². The number of hydrogen-bond acceptors (Lipinski definition) is 8. The average molecular weight is 522 g/mol. The zero-order valence-corrected chi connectivity index (χ0v) is 21.4. The molecule has 2 saturated heterocycles. The van der Waals surface area contributed by atoms with Crippen LogP contribution in [-0.2, 0) is 30.1 Å². The molecular formula is C26H27N5O7. The normalized spacial score (nSPS) is 20.5. The van der Waals surface area contributed by atoms with Crippen LogP contribution in [0.15, 0.2) is 33.9 Å². The second-order valence-electron chi connectivity index (χ2n) is 10.0. The van der Waals surface area contributed by atoms with Gasteiger partial charge in [-0.05, 0) is 48.6 Å². The van der Waals surface area contributed by atoms with Gasteiger partial charge in [-0.15, -0.1) is 0 Å². The number of fused-ring (bicyclic) bond motifs is 4. The van der Waals surface area contributed by atoms with E-state index >= 15 is 0 Å². The van der Waals surface area contributed by atoms with E-state index in [4.69, 9.17) is 0 Å². The molecule has 1 atom stereocenters. The van der Waals surface area contributed by atoms with E-state index in [2.05, 4.69) is 4.90 Å². The first kappa shape index (κ1) is 25.2. The molecule has 1 spiro atoms. The van der Waals surface area contributed by atoms with Crippen molar-refractivity contribution in [2.45, 2.75) is 25.3 Å². The molecule has 5 rings (SSSR count). The summed E-state index contributed by atoms with van der Waals surface area (Å²) in [5.74, 6) is -2.56. The standard InChI is InChI=1S/C26H27N5O7/c1-27-20(33)19(21(34)28(2)24(27)37)17(32)10-8-14-7-9-16-15(12-14)13-26(18-6-5-11-31(16)18)22(35)29(3)25(38)30(4)23(26)36/h7-10,12,18,33H,5-6,11,13H2,1-4H3/b10-8+/t18-/m0/s1. The number of aromatic nitrogens is 2. The molecule has 198 valence electrons. The predicted octanol–water partition coefficient (Wildman–Crippen LogP) is 0.247. The lowest BCUT2D eigenvalue weighted by molar-refractivity contribution is -0.159. The van der Waals surface area contributed by atoms with Gasteiger partial charge in [0, 0.05) is 40.4 Å². The molecule has 1 aromatic carbocycles. The van der Waals surface area contributed by atoms with E-state index in [1.807, 2.05) is 6.07 Å². The van der Waals surface area contributed by atoms with Crippen molar-refractivity contribution in [3.63, 3.8) is 0 Å². The van der Waals surface area contributed by atoms with Gasteiger partial charge < -0.3 is 10.0 Å². The SMILES string of the molecule is CN1C(=O)N(C)C(=O)C2(Cc3cc(/C=C/C(=O)c4c(O)n(C)c(=O)n(C)c4=O)ccc3N3CCC[C@H]32)C1=O. The Bertz CT molecular complexity index is 1560. The van der Waals surface area contributed by atoms with Crippen molar-refractivity contribution >= 4 is 35.4 Å².